The van der Waals surface area contributed by atoms with Crippen molar-refractivity contribution < 1.29 is 18.0 Å². The van der Waals surface area contributed by atoms with Crippen molar-refractivity contribution in [2.75, 3.05) is 5.32 Å². The third-order valence-corrected chi connectivity index (χ3v) is 3.36. The zero-order valence-corrected chi connectivity index (χ0v) is 12.8. The molecular formula is C14H10ClF3N2OS. The lowest BCUT2D eigenvalue weighted by atomic mass is 10.1. The van der Waals surface area contributed by atoms with Gasteiger partial charge in [0, 0.05) is 16.4 Å². The van der Waals surface area contributed by atoms with E-state index in [1.165, 1.54) is 31.2 Å². The monoisotopic (exact) mass is 346 g/mol. The molecule has 0 aliphatic carbocycles. The van der Waals surface area contributed by atoms with Gasteiger partial charge in [-0.1, -0.05) is 23.8 Å². The molecule has 0 atom stereocenters. The minimum absolute atomic E-state index is 0.223. The summed E-state index contributed by atoms with van der Waals surface area (Å²) in [5, 5.41) is 2.82. The third kappa shape index (κ3) is 3.66. The van der Waals surface area contributed by atoms with Crippen molar-refractivity contribution in [1.82, 2.24) is 4.98 Å². The van der Waals surface area contributed by atoms with Gasteiger partial charge in [-0.3, -0.25) is 4.79 Å². The van der Waals surface area contributed by atoms with Crippen molar-refractivity contribution in [2.24, 2.45) is 0 Å². The first kappa shape index (κ1) is 16.5. The van der Waals surface area contributed by atoms with Gasteiger partial charge in [-0.2, -0.15) is 13.2 Å². The van der Waals surface area contributed by atoms with Gasteiger partial charge in [-0.25, -0.2) is 0 Å². The third-order valence-electron chi connectivity index (χ3n) is 2.80. The number of hydrogen-bond acceptors (Lipinski definition) is 2. The number of anilines is 1. The fourth-order valence-corrected chi connectivity index (χ4v) is 2.35. The van der Waals surface area contributed by atoms with Crippen LogP contribution in [0.15, 0.2) is 30.3 Å². The van der Waals surface area contributed by atoms with E-state index in [-0.39, 0.29) is 10.3 Å². The maximum absolute atomic E-state index is 13.1. The van der Waals surface area contributed by atoms with Crippen LogP contribution >= 0.6 is 23.8 Å². The van der Waals surface area contributed by atoms with Crippen molar-refractivity contribution in [2.45, 2.75) is 13.1 Å². The minimum atomic E-state index is -4.68. The lowest BCUT2D eigenvalue weighted by molar-refractivity contribution is -0.138. The number of alkyl halides is 3. The average molecular weight is 347 g/mol. The molecule has 0 radical (unpaired) electrons. The summed E-state index contributed by atoms with van der Waals surface area (Å²) in [5.74, 6) is -0.934. The number of hydrogen-bond donors (Lipinski definition) is 2. The highest BCUT2D eigenvalue weighted by atomic mass is 35.5. The molecule has 0 fully saturated rings. The van der Waals surface area contributed by atoms with Gasteiger partial charge in [0.15, 0.2) is 0 Å². The molecule has 0 aliphatic heterocycles. The zero-order valence-electron chi connectivity index (χ0n) is 11.2. The smallest absolute Gasteiger partial charge is 0.350 e. The molecule has 1 aromatic heterocycles. The summed E-state index contributed by atoms with van der Waals surface area (Å²) in [5.41, 5.74) is -1.14. The molecule has 0 bridgehead atoms. The van der Waals surface area contributed by atoms with Crippen LogP contribution in [0.3, 0.4) is 0 Å². The van der Waals surface area contributed by atoms with E-state index >= 15 is 0 Å². The van der Waals surface area contributed by atoms with E-state index in [1.807, 2.05) is 0 Å². The Morgan fingerprint density at radius 2 is 1.86 bits per heavy atom. The van der Waals surface area contributed by atoms with Crippen LogP contribution in [-0.4, -0.2) is 10.9 Å². The molecule has 0 saturated carbocycles. The molecule has 0 spiro atoms. The predicted molar refractivity (Wildman–Crippen MR) is 80.8 cm³/mol. The van der Waals surface area contributed by atoms with Crippen LogP contribution in [0.2, 0.25) is 5.02 Å². The maximum atomic E-state index is 13.1. The van der Waals surface area contributed by atoms with E-state index < -0.39 is 23.2 Å². The van der Waals surface area contributed by atoms with Gasteiger partial charge in [0.05, 0.1) is 11.1 Å². The highest BCUT2D eigenvalue weighted by Crippen LogP contribution is 2.33. The maximum Gasteiger partial charge on any atom is 0.417 e. The second kappa shape index (κ2) is 6.10. The number of halogens is 4. The Bertz CT molecular complexity index is 769. The van der Waals surface area contributed by atoms with E-state index in [2.05, 4.69) is 10.3 Å². The summed E-state index contributed by atoms with van der Waals surface area (Å²) in [6.45, 7) is 1.44. The molecule has 3 nitrogen and oxygen atoms in total. The normalized spacial score (nSPS) is 11.3. The second-order valence-electron chi connectivity index (χ2n) is 4.53. The first-order chi connectivity index (χ1) is 10.2. The number of aromatic nitrogens is 1. The molecule has 0 saturated heterocycles. The van der Waals surface area contributed by atoms with E-state index in [1.54, 1.807) is 0 Å². The Labute approximate surface area is 134 Å². The second-order valence-corrected chi connectivity index (χ2v) is 5.37. The van der Waals surface area contributed by atoms with Crippen LogP contribution in [0.5, 0.6) is 0 Å². The summed E-state index contributed by atoms with van der Waals surface area (Å²) in [6, 6.07) is 6.84. The Kier molecular flexibility index (Phi) is 4.58. The van der Waals surface area contributed by atoms with Gasteiger partial charge < -0.3 is 10.3 Å². The van der Waals surface area contributed by atoms with E-state index in [9.17, 15) is 18.0 Å². The van der Waals surface area contributed by atoms with Gasteiger partial charge in [0.1, 0.15) is 4.64 Å². The Morgan fingerprint density at radius 1 is 1.27 bits per heavy atom. The van der Waals surface area contributed by atoms with Crippen molar-refractivity contribution in [3.63, 3.8) is 0 Å². The number of aryl methyl sites for hydroxylation is 1. The van der Waals surface area contributed by atoms with E-state index in [4.69, 9.17) is 23.8 Å². The molecule has 2 rings (SSSR count). The minimum Gasteiger partial charge on any atom is -0.350 e. The van der Waals surface area contributed by atoms with Gasteiger partial charge in [0.25, 0.3) is 5.91 Å². The highest BCUT2D eigenvalue weighted by molar-refractivity contribution is 7.71. The summed E-state index contributed by atoms with van der Waals surface area (Å²) in [7, 11) is 0. The van der Waals surface area contributed by atoms with Crippen molar-refractivity contribution in [3.05, 3.63) is 56.8 Å². The predicted octanol–water partition coefficient (Wildman–Crippen LogP) is 4.98. The summed E-state index contributed by atoms with van der Waals surface area (Å²) < 4.78 is 39.0. The van der Waals surface area contributed by atoms with Gasteiger partial charge in [-0.15, -0.1) is 0 Å². The quantitative estimate of drug-likeness (QED) is 0.753. The lowest BCUT2D eigenvalue weighted by Crippen LogP contribution is -2.20. The molecule has 22 heavy (non-hydrogen) atoms. The number of benzene rings is 1. The molecular weight excluding hydrogens is 337 g/mol. The first-order valence-corrected chi connectivity index (χ1v) is 6.85. The number of carbonyl (C=O) groups excluding carboxylic acids is 1. The molecule has 0 aliphatic rings. The average Bonchev–Trinajstić information content (AvgIpc) is 2.39. The molecule has 1 heterocycles. The van der Waals surface area contributed by atoms with Gasteiger partial charge >= 0.3 is 6.18 Å². The number of carbonyl (C=O) groups is 1. The van der Waals surface area contributed by atoms with Crippen LogP contribution in [-0.2, 0) is 6.18 Å². The highest BCUT2D eigenvalue weighted by Gasteiger charge is 2.36. The van der Waals surface area contributed by atoms with Crippen molar-refractivity contribution in [1.29, 1.82) is 0 Å². The topological polar surface area (TPSA) is 44.9 Å². The number of pyridine rings is 1. The number of aromatic amines is 1. The van der Waals surface area contributed by atoms with Crippen LogP contribution in [0.4, 0.5) is 18.9 Å². The lowest BCUT2D eigenvalue weighted by Gasteiger charge is -2.14. The fourth-order valence-electron chi connectivity index (χ4n) is 1.86. The number of amides is 1. The van der Waals surface area contributed by atoms with Crippen LogP contribution in [0.25, 0.3) is 0 Å². The molecule has 1 amide bonds. The van der Waals surface area contributed by atoms with Crippen LogP contribution in [0, 0.1) is 11.6 Å². The number of H-pyrrole nitrogens is 1. The van der Waals surface area contributed by atoms with Crippen LogP contribution < -0.4 is 5.32 Å². The Balaban J connectivity index is 2.45. The summed E-state index contributed by atoms with van der Waals surface area (Å²) in [4.78, 5) is 14.7. The first-order valence-electron chi connectivity index (χ1n) is 6.06. The van der Waals surface area contributed by atoms with E-state index in [0.29, 0.717) is 10.7 Å². The van der Waals surface area contributed by atoms with Crippen molar-refractivity contribution >= 4 is 35.4 Å². The largest absolute Gasteiger partial charge is 0.417 e. The molecule has 1 aromatic carbocycles. The molecule has 8 heteroatoms. The SMILES string of the molecule is Cc1cc(C(F)(F)F)c(C(=O)Nc2ccc(Cl)cc2)c(=S)[nH]1. The Hall–Kier alpha value is -1.86. The molecule has 2 N–H and O–H groups in total. The molecule has 116 valence electrons. The molecule has 0 unspecified atom stereocenters. The fraction of sp³-hybridized carbons (Fsp3) is 0.143. The summed E-state index contributed by atoms with van der Waals surface area (Å²) in [6.07, 6.45) is -4.68. The number of nitrogens with one attached hydrogen (secondary N) is 2. The van der Waals surface area contributed by atoms with Crippen LogP contribution in [0.1, 0.15) is 21.6 Å². The standard InChI is InChI=1S/C14H10ClF3N2OS/c1-7-6-10(14(16,17)18)11(13(22)19-7)12(21)20-9-4-2-8(15)3-5-9/h2-6H,1H3,(H,19,22)(H,20,21). The molecule has 2 aromatic rings. The number of rotatable bonds is 2. The zero-order chi connectivity index (χ0) is 16.5. The summed E-state index contributed by atoms with van der Waals surface area (Å²) >= 11 is 10.6. The van der Waals surface area contributed by atoms with Crippen molar-refractivity contribution in [3.8, 4) is 0 Å². The van der Waals surface area contributed by atoms with Gasteiger partial charge in [-0.05, 0) is 37.3 Å². The Morgan fingerprint density at radius 3 is 2.41 bits per heavy atom. The van der Waals surface area contributed by atoms with E-state index in [0.717, 1.165) is 6.07 Å². The van der Waals surface area contributed by atoms with Gasteiger partial charge in [0.2, 0.25) is 0 Å².